The van der Waals surface area contributed by atoms with Crippen LogP contribution < -0.4 is 5.32 Å². The largest absolute Gasteiger partial charge is 0.326 e. The van der Waals surface area contributed by atoms with E-state index in [4.69, 9.17) is 0 Å². The number of hydrogen-bond acceptors (Lipinski definition) is 2. The average molecular weight is 317 g/mol. The maximum absolute atomic E-state index is 11.4. The first-order valence-corrected chi connectivity index (χ1v) is 8.43. The molecular weight excluding hydrogens is 286 g/mol. The Hall–Kier alpha value is -2.16. The standard InChI is InChI=1S/C14H13NO2.3C2H6/c1-10(16)8-14(17)15-13-7-6-11-4-2-3-5-12(11)9-13;3*1-2/h2-7,9H,8H2,1H3,(H,15,17);3*1-2H3. The summed E-state index contributed by atoms with van der Waals surface area (Å²) in [4.78, 5) is 22.2. The summed E-state index contributed by atoms with van der Waals surface area (Å²) in [6.07, 6.45) is -0.0766. The molecule has 0 atom stereocenters. The van der Waals surface area contributed by atoms with Gasteiger partial charge in [0.15, 0.2) is 0 Å². The summed E-state index contributed by atoms with van der Waals surface area (Å²) in [6.45, 7) is 13.4. The molecule has 0 aromatic heterocycles. The molecule has 0 aliphatic carbocycles. The van der Waals surface area contributed by atoms with Crippen molar-refractivity contribution >= 4 is 28.2 Å². The zero-order chi connectivity index (χ0) is 18.3. The van der Waals surface area contributed by atoms with Crippen molar-refractivity contribution in [2.24, 2.45) is 0 Å². The second-order valence-electron chi connectivity index (χ2n) is 3.99. The second-order valence-corrected chi connectivity index (χ2v) is 3.99. The quantitative estimate of drug-likeness (QED) is 0.723. The van der Waals surface area contributed by atoms with Crippen LogP contribution in [0.2, 0.25) is 0 Å². The van der Waals surface area contributed by atoms with Crippen LogP contribution in [0.1, 0.15) is 54.9 Å². The number of anilines is 1. The number of amides is 1. The summed E-state index contributed by atoms with van der Waals surface area (Å²) >= 11 is 0. The van der Waals surface area contributed by atoms with Crippen molar-refractivity contribution in [1.82, 2.24) is 0 Å². The second kappa shape index (κ2) is 14.8. The van der Waals surface area contributed by atoms with Crippen LogP contribution in [0.15, 0.2) is 42.5 Å². The molecule has 0 unspecified atom stereocenters. The topological polar surface area (TPSA) is 46.2 Å². The van der Waals surface area contributed by atoms with E-state index in [0.717, 1.165) is 16.5 Å². The molecule has 0 bridgehead atoms. The van der Waals surface area contributed by atoms with E-state index < -0.39 is 0 Å². The van der Waals surface area contributed by atoms with Gasteiger partial charge in [-0.15, -0.1) is 0 Å². The van der Waals surface area contributed by atoms with Gasteiger partial charge in [0.2, 0.25) is 5.91 Å². The molecular formula is C20H31NO2. The Morgan fingerprint density at radius 2 is 1.35 bits per heavy atom. The predicted molar refractivity (Wildman–Crippen MR) is 102 cm³/mol. The molecule has 0 spiro atoms. The Balaban J connectivity index is 0. The van der Waals surface area contributed by atoms with E-state index in [-0.39, 0.29) is 18.1 Å². The van der Waals surface area contributed by atoms with Gasteiger partial charge in [0.05, 0.1) is 6.42 Å². The predicted octanol–water partition coefficient (Wildman–Crippen LogP) is 5.84. The van der Waals surface area contributed by atoms with Gasteiger partial charge in [0, 0.05) is 5.69 Å². The highest BCUT2D eigenvalue weighted by Gasteiger charge is 2.05. The molecule has 1 amide bonds. The van der Waals surface area contributed by atoms with Gasteiger partial charge in [-0.05, 0) is 29.8 Å². The number of nitrogens with one attached hydrogen (secondary N) is 1. The lowest BCUT2D eigenvalue weighted by Gasteiger charge is -2.05. The highest BCUT2D eigenvalue weighted by atomic mass is 16.2. The summed E-state index contributed by atoms with van der Waals surface area (Å²) in [6, 6.07) is 13.6. The van der Waals surface area contributed by atoms with Crippen molar-refractivity contribution in [1.29, 1.82) is 0 Å². The number of fused-ring (bicyclic) bond motifs is 1. The summed E-state index contributed by atoms with van der Waals surface area (Å²) in [5.74, 6) is -0.406. The first-order valence-electron chi connectivity index (χ1n) is 8.43. The van der Waals surface area contributed by atoms with E-state index in [9.17, 15) is 9.59 Å². The summed E-state index contributed by atoms with van der Waals surface area (Å²) in [5, 5.41) is 4.89. The van der Waals surface area contributed by atoms with Crippen molar-refractivity contribution in [2.45, 2.75) is 54.9 Å². The molecule has 2 aromatic carbocycles. The molecule has 3 nitrogen and oxygen atoms in total. The smallest absolute Gasteiger partial charge is 0.231 e. The van der Waals surface area contributed by atoms with Crippen molar-refractivity contribution < 1.29 is 9.59 Å². The van der Waals surface area contributed by atoms with Crippen LogP contribution in [-0.4, -0.2) is 11.7 Å². The Morgan fingerprint density at radius 1 is 0.826 bits per heavy atom. The number of carbonyl (C=O) groups excluding carboxylic acids is 2. The van der Waals surface area contributed by atoms with Crippen molar-refractivity contribution in [3.8, 4) is 0 Å². The molecule has 2 aromatic rings. The molecule has 2 rings (SSSR count). The lowest BCUT2D eigenvalue weighted by molar-refractivity contribution is -0.124. The van der Waals surface area contributed by atoms with Crippen molar-refractivity contribution in [3.05, 3.63) is 42.5 Å². The van der Waals surface area contributed by atoms with Crippen LogP contribution >= 0.6 is 0 Å². The minimum Gasteiger partial charge on any atom is -0.326 e. The van der Waals surface area contributed by atoms with E-state index in [1.165, 1.54) is 6.92 Å². The number of ketones is 1. The molecule has 1 N–H and O–H groups in total. The van der Waals surface area contributed by atoms with E-state index >= 15 is 0 Å². The highest BCUT2D eigenvalue weighted by molar-refractivity contribution is 6.04. The van der Waals surface area contributed by atoms with E-state index in [1.54, 1.807) is 0 Å². The Labute approximate surface area is 141 Å². The summed E-state index contributed by atoms with van der Waals surface area (Å²) < 4.78 is 0. The molecule has 23 heavy (non-hydrogen) atoms. The Bertz CT molecular complexity index is 577. The van der Waals surface area contributed by atoms with Crippen LogP contribution in [-0.2, 0) is 9.59 Å². The Kier molecular flexibility index (Phi) is 14.8. The maximum atomic E-state index is 11.4. The number of benzene rings is 2. The van der Waals surface area contributed by atoms with Crippen LogP contribution in [0.4, 0.5) is 5.69 Å². The minimum atomic E-state index is -0.271. The summed E-state index contributed by atoms with van der Waals surface area (Å²) in [7, 11) is 0. The lowest BCUT2D eigenvalue weighted by atomic mass is 10.1. The number of carbonyl (C=O) groups is 2. The fourth-order valence-electron chi connectivity index (χ4n) is 1.70. The highest BCUT2D eigenvalue weighted by Crippen LogP contribution is 2.18. The molecule has 128 valence electrons. The van der Waals surface area contributed by atoms with Gasteiger partial charge in [-0.25, -0.2) is 0 Å². The van der Waals surface area contributed by atoms with Crippen LogP contribution in [0.25, 0.3) is 10.8 Å². The van der Waals surface area contributed by atoms with Crippen LogP contribution in [0.5, 0.6) is 0 Å². The fraction of sp³-hybridized carbons (Fsp3) is 0.400. The molecule has 0 saturated carbocycles. The third-order valence-electron chi connectivity index (χ3n) is 2.44. The molecule has 3 heteroatoms. The molecule has 0 radical (unpaired) electrons. The molecule has 0 aliphatic rings. The summed E-state index contributed by atoms with van der Waals surface area (Å²) in [5.41, 5.74) is 0.718. The normalized spacial score (nSPS) is 8.30. The zero-order valence-electron chi connectivity index (χ0n) is 15.6. The average Bonchev–Trinajstić information content (AvgIpc) is 2.59. The SMILES string of the molecule is CC.CC.CC.CC(=O)CC(=O)Nc1ccc2ccccc2c1. The zero-order valence-corrected chi connectivity index (χ0v) is 15.6. The minimum absolute atomic E-state index is 0.0766. The molecule has 0 heterocycles. The first kappa shape index (κ1) is 23.1. The van der Waals surface area contributed by atoms with E-state index in [1.807, 2.05) is 84.0 Å². The van der Waals surface area contributed by atoms with Gasteiger partial charge < -0.3 is 5.32 Å². The van der Waals surface area contributed by atoms with Crippen LogP contribution in [0, 0.1) is 0 Å². The first-order chi connectivity index (χ1) is 11.1. The van der Waals surface area contributed by atoms with Gasteiger partial charge in [-0.1, -0.05) is 71.9 Å². The van der Waals surface area contributed by atoms with Gasteiger partial charge in [-0.2, -0.15) is 0 Å². The number of hydrogen-bond donors (Lipinski definition) is 1. The number of Topliss-reactive ketones (excluding diaryl/α,β-unsaturated/α-hetero) is 1. The third-order valence-corrected chi connectivity index (χ3v) is 2.44. The van der Waals surface area contributed by atoms with Crippen molar-refractivity contribution in [2.75, 3.05) is 5.32 Å². The maximum Gasteiger partial charge on any atom is 0.231 e. The van der Waals surface area contributed by atoms with E-state index in [2.05, 4.69) is 5.32 Å². The molecule has 0 fully saturated rings. The monoisotopic (exact) mass is 317 g/mol. The lowest BCUT2D eigenvalue weighted by Crippen LogP contribution is -2.14. The fourth-order valence-corrected chi connectivity index (χ4v) is 1.70. The van der Waals surface area contributed by atoms with Crippen LogP contribution in [0.3, 0.4) is 0 Å². The van der Waals surface area contributed by atoms with Crippen molar-refractivity contribution in [3.63, 3.8) is 0 Å². The molecule has 0 saturated heterocycles. The van der Waals surface area contributed by atoms with Gasteiger partial charge in [-0.3, -0.25) is 9.59 Å². The Morgan fingerprint density at radius 3 is 1.87 bits per heavy atom. The van der Waals surface area contributed by atoms with Gasteiger partial charge in [0.1, 0.15) is 5.78 Å². The van der Waals surface area contributed by atoms with Gasteiger partial charge in [0.25, 0.3) is 0 Å². The van der Waals surface area contributed by atoms with E-state index in [0.29, 0.717) is 0 Å². The van der Waals surface area contributed by atoms with Gasteiger partial charge >= 0.3 is 0 Å². The molecule has 0 aliphatic heterocycles. The number of rotatable bonds is 3. The third kappa shape index (κ3) is 9.46.